The predicted molar refractivity (Wildman–Crippen MR) is 68.4 cm³/mol. The molecule has 0 bridgehead atoms. The molecule has 1 N–H and O–H groups in total. The van der Waals surface area contributed by atoms with Gasteiger partial charge in [-0.05, 0) is 39.3 Å². The Kier molecular flexibility index (Phi) is 4.35. The van der Waals surface area contributed by atoms with Gasteiger partial charge < -0.3 is 14.6 Å². The average molecular weight is 253 g/mol. The van der Waals surface area contributed by atoms with Crippen LogP contribution in [0.15, 0.2) is 4.52 Å². The summed E-state index contributed by atoms with van der Waals surface area (Å²) in [7, 11) is 1.66. The minimum atomic E-state index is -0.108. The lowest BCUT2D eigenvalue weighted by Gasteiger charge is -2.34. The Morgan fingerprint density at radius 3 is 2.78 bits per heavy atom. The molecule has 1 fully saturated rings. The summed E-state index contributed by atoms with van der Waals surface area (Å²) in [6, 6.07) is 0. The Balaban J connectivity index is 2.22. The first-order valence-electron chi connectivity index (χ1n) is 6.79. The van der Waals surface area contributed by atoms with Crippen LogP contribution in [-0.2, 0) is 10.2 Å². The minimum Gasteiger partial charge on any atom is -0.374 e. The molecule has 1 aromatic heterocycles. The first-order chi connectivity index (χ1) is 8.72. The van der Waals surface area contributed by atoms with E-state index >= 15 is 0 Å². The second kappa shape index (κ2) is 5.80. The zero-order valence-electron chi connectivity index (χ0n) is 11.5. The van der Waals surface area contributed by atoms with E-state index in [-0.39, 0.29) is 11.5 Å². The van der Waals surface area contributed by atoms with Crippen molar-refractivity contribution >= 4 is 0 Å². The van der Waals surface area contributed by atoms with Gasteiger partial charge in [-0.3, -0.25) is 0 Å². The van der Waals surface area contributed by atoms with E-state index < -0.39 is 0 Å². The SMILES string of the molecule is CCCC1(c2nc(C(C)OC)no2)CCNCC1. The Labute approximate surface area is 108 Å². The fraction of sp³-hybridized carbons (Fsp3) is 0.846. The highest BCUT2D eigenvalue weighted by Crippen LogP contribution is 2.37. The number of rotatable bonds is 5. The van der Waals surface area contributed by atoms with E-state index in [1.165, 1.54) is 0 Å². The van der Waals surface area contributed by atoms with Crippen LogP contribution in [0, 0.1) is 0 Å². The summed E-state index contributed by atoms with van der Waals surface area (Å²) in [5, 5.41) is 7.45. The fourth-order valence-corrected chi connectivity index (χ4v) is 2.68. The van der Waals surface area contributed by atoms with Gasteiger partial charge in [-0.2, -0.15) is 4.98 Å². The number of aromatic nitrogens is 2. The number of piperidine rings is 1. The van der Waals surface area contributed by atoms with Gasteiger partial charge in [0.05, 0.1) is 5.41 Å². The van der Waals surface area contributed by atoms with Gasteiger partial charge in [-0.25, -0.2) is 0 Å². The molecule has 1 aromatic rings. The van der Waals surface area contributed by atoms with E-state index in [9.17, 15) is 0 Å². The van der Waals surface area contributed by atoms with E-state index in [2.05, 4.69) is 22.4 Å². The predicted octanol–water partition coefficient (Wildman–Crippen LogP) is 2.20. The lowest BCUT2D eigenvalue weighted by atomic mass is 9.75. The van der Waals surface area contributed by atoms with Crippen molar-refractivity contribution in [2.24, 2.45) is 0 Å². The third kappa shape index (κ3) is 2.57. The van der Waals surface area contributed by atoms with Gasteiger partial charge >= 0.3 is 0 Å². The third-order valence-electron chi connectivity index (χ3n) is 3.90. The van der Waals surface area contributed by atoms with Gasteiger partial charge in [0.1, 0.15) is 6.10 Å². The van der Waals surface area contributed by atoms with Crippen molar-refractivity contribution in [2.75, 3.05) is 20.2 Å². The number of hydrogen-bond acceptors (Lipinski definition) is 5. The minimum absolute atomic E-state index is 0.0682. The summed E-state index contributed by atoms with van der Waals surface area (Å²) in [4.78, 5) is 4.56. The Hall–Kier alpha value is -0.940. The number of methoxy groups -OCH3 is 1. The van der Waals surface area contributed by atoms with Crippen molar-refractivity contribution in [3.05, 3.63) is 11.7 Å². The molecule has 102 valence electrons. The van der Waals surface area contributed by atoms with E-state index in [4.69, 9.17) is 9.26 Å². The van der Waals surface area contributed by atoms with E-state index in [1.807, 2.05) is 6.92 Å². The van der Waals surface area contributed by atoms with Crippen molar-refractivity contribution in [3.8, 4) is 0 Å². The molecule has 1 aliphatic rings. The van der Waals surface area contributed by atoms with Crippen molar-refractivity contribution in [1.29, 1.82) is 0 Å². The second-order valence-electron chi connectivity index (χ2n) is 5.12. The topological polar surface area (TPSA) is 60.2 Å². The van der Waals surface area contributed by atoms with E-state index in [0.29, 0.717) is 5.82 Å². The molecular formula is C13H23N3O2. The van der Waals surface area contributed by atoms with Gasteiger partial charge in [0.25, 0.3) is 0 Å². The summed E-state index contributed by atoms with van der Waals surface area (Å²) in [6.45, 7) is 6.19. The maximum atomic E-state index is 5.51. The summed E-state index contributed by atoms with van der Waals surface area (Å²) < 4.78 is 10.7. The van der Waals surface area contributed by atoms with Crippen molar-refractivity contribution < 1.29 is 9.26 Å². The van der Waals surface area contributed by atoms with Gasteiger partial charge in [0.15, 0.2) is 5.82 Å². The first kappa shape index (κ1) is 13.5. The Morgan fingerprint density at radius 2 is 2.17 bits per heavy atom. The molecule has 1 atom stereocenters. The van der Waals surface area contributed by atoms with E-state index in [1.54, 1.807) is 7.11 Å². The molecule has 0 radical (unpaired) electrons. The number of hydrogen-bond donors (Lipinski definition) is 1. The van der Waals surface area contributed by atoms with E-state index in [0.717, 1.165) is 44.7 Å². The van der Waals surface area contributed by atoms with Crippen molar-refractivity contribution in [3.63, 3.8) is 0 Å². The highest BCUT2D eigenvalue weighted by molar-refractivity contribution is 5.08. The van der Waals surface area contributed by atoms with Gasteiger partial charge in [0, 0.05) is 7.11 Å². The molecular weight excluding hydrogens is 230 g/mol. The van der Waals surface area contributed by atoms with Crippen LogP contribution in [-0.4, -0.2) is 30.3 Å². The summed E-state index contributed by atoms with van der Waals surface area (Å²) >= 11 is 0. The van der Waals surface area contributed by atoms with Crippen LogP contribution in [0.2, 0.25) is 0 Å². The third-order valence-corrected chi connectivity index (χ3v) is 3.90. The van der Waals surface area contributed by atoms with Gasteiger partial charge in [-0.15, -0.1) is 0 Å². The molecule has 1 aliphatic heterocycles. The van der Waals surface area contributed by atoms with Crippen LogP contribution in [0.1, 0.15) is 57.3 Å². The monoisotopic (exact) mass is 253 g/mol. The highest BCUT2D eigenvalue weighted by Gasteiger charge is 2.38. The summed E-state index contributed by atoms with van der Waals surface area (Å²) in [5.41, 5.74) is 0.0682. The molecule has 0 aromatic carbocycles. The molecule has 1 unspecified atom stereocenters. The Morgan fingerprint density at radius 1 is 1.44 bits per heavy atom. The van der Waals surface area contributed by atoms with Crippen LogP contribution in [0.3, 0.4) is 0 Å². The van der Waals surface area contributed by atoms with Crippen LogP contribution in [0.5, 0.6) is 0 Å². The maximum Gasteiger partial charge on any atom is 0.233 e. The molecule has 5 heteroatoms. The first-order valence-corrected chi connectivity index (χ1v) is 6.79. The lowest BCUT2D eigenvalue weighted by molar-refractivity contribution is 0.109. The molecule has 0 saturated carbocycles. The highest BCUT2D eigenvalue weighted by atomic mass is 16.5. The molecule has 2 rings (SSSR count). The van der Waals surface area contributed by atoms with Crippen molar-refractivity contribution in [1.82, 2.24) is 15.5 Å². The lowest BCUT2D eigenvalue weighted by Crippen LogP contribution is -2.40. The second-order valence-corrected chi connectivity index (χ2v) is 5.12. The average Bonchev–Trinajstić information content (AvgIpc) is 2.89. The Bertz CT molecular complexity index is 367. The molecule has 2 heterocycles. The quantitative estimate of drug-likeness (QED) is 0.871. The van der Waals surface area contributed by atoms with Crippen LogP contribution in [0.4, 0.5) is 0 Å². The van der Waals surface area contributed by atoms with Crippen LogP contribution < -0.4 is 5.32 Å². The number of ether oxygens (including phenoxy) is 1. The summed E-state index contributed by atoms with van der Waals surface area (Å²) in [5.74, 6) is 1.45. The smallest absolute Gasteiger partial charge is 0.233 e. The van der Waals surface area contributed by atoms with Crippen LogP contribution >= 0.6 is 0 Å². The van der Waals surface area contributed by atoms with Crippen molar-refractivity contribution in [2.45, 2.75) is 51.0 Å². The van der Waals surface area contributed by atoms with Gasteiger partial charge in [0.2, 0.25) is 5.89 Å². The molecule has 0 amide bonds. The molecule has 0 aliphatic carbocycles. The zero-order valence-corrected chi connectivity index (χ0v) is 11.5. The molecule has 18 heavy (non-hydrogen) atoms. The van der Waals surface area contributed by atoms with Crippen LogP contribution in [0.25, 0.3) is 0 Å². The standard InChI is InChI=1S/C13H23N3O2/c1-4-5-13(6-8-14-9-7-13)12-15-11(16-18-12)10(2)17-3/h10,14H,4-9H2,1-3H3. The molecule has 0 spiro atoms. The summed E-state index contributed by atoms with van der Waals surface area (Å²) in [6.07, 6.45) is 4.28. The molecule has 5 nitrogen and oxygen atoms in total. The fourth-order valence-electron chi connectivity index (χ4n) is 2.68. The number of nitrogens with one attached hydrogen (secondary N) is 1. The van der Waals surface area contributed by atoms with Gasteiger partial charge in [-0.1, -0.05) is 18.5 Å². The zero-order chi connectivity index (χ0) is 13.0. The largest absolute Gasteiger partial charge is 0.374 e. The number of nitrogens with zero attached hydrogens (tertiary/aromatic N) is 2. The molecule has 1 saturated heterocycles. The normalized spacial score (nSPS) is 20.8. The maximum absolute atomic E-state index is 5.51.